The van der Waals surface area contributed by atoms with Crippen molar-refractivity contribution < 1.29 is 4.79 Å². The van der Waals surface area contributed by atoms with E-state index in [1.54, 1.807) is 12.5 Å². The number of aryl methyl sites for hydroxylation is 1. The number of nitrogens with zero attached hydrogens (tertiary/aromatic N) is 2. The van der Waals surface area contributed by atoms with Gasteiger partial charge in [0.15, 0.2) is 0 Å². The molecule has 1 unspecified atom stereocenters. The lowest BCUT2D eigenvalue weighted by Crippen LogP contribution is -2.28. The molecule has 0 spiro atoms. The Balaban J connectivity index is 2.48. The molecule has 114 valence electrons. The van der Waals surface area contributed by atoms with Crippen molar-refractivity contribution in [2.24, 2.45) is 17.6 Å². The first-order valence-electron chi connectivity index (χ1n) is 7.42. The van der Waals surface area contributed by atoms with Crippen molar-refractivity contribution in [2.45, 2.75) is 53.1 Å². The molecule has 20 heavy (non-hydrogen) atoms. The van der Waals surface area contributed by atoms with E-state index in [9.17, 15) is 4.79 Å². The van der Waals surface area contributed by atoms with E-state index < -0.39 is 0 Å². The highest BCUT2D eigenvalue weighted by atomic mass is 16.1. The second kappa shape index (κ2) is 8.04. The molecule has 1 aromatic heterocycles. The standard InChI is InChI=1S/C15H28N4O/c1-11(2)7-13(16)14-9-17-10-19(14)6-5-15(20)18-8-12(3)4/h9-13H,5-8,16H2,1-4H3,(H,18,20). The molecule has 0 fully saturated rings. The zero-order valence-corrected chi connectivity index (χ0v) is 13.1. The maximum Gasteiger partial charge on any atom is 0.221 e. The summed E-state index contributed by atoms with van der Waals surface area (Å²) < 4.78 is 1.99. The fraction of sp³-hybridized carbons (Fsp3) is 0.733. The summed E-state index contributed by atoms with van der Waals surface area (Å²) in [7, 11) is 0. The van der Waals surface area contributed by atoms with Crippen molar-refractivity contribution in [1.82, 2.24) is 14.9 Å². The summed E-state index contributed by atoms with van der Waals surface area (Å²) in [5.41, 5.74) is 7.19. The van der Waals surface area contributed by atoms with Crippen LogP contribution in [0.4, 0.5) is 0 Å². The minimum absolute atomic E-state index is 0.0174. The van der Waals surface area contributed by atoms with Crippen molar-refractivity contribution in [2.75, 3.05) is 6.54 Å². The number of carbonyl (C=O) groups excluding carboxylic acids is 1. The number of imidazole rings is 1. The summed E-state index contributed by atoms with van der Waals surface area (Å²) in [5, 5.41) is 2.92. The van der Waals surface area contributed by atoms with Gasteiger partial charge in [0.1, 0.15) is 0 Å². The lowest BCUT2D eigenvalue weighted by Gasteiger charge is -2.16. The van der Waals surface area contributed by atoms with Crippen molar-refractivity contribution in [3.05, 3.63) is 18.2 Å². The van der Waals surface area contributed by atoms with Gasteiger partial charge in [-0.15, -0.1) is 0 Å². The van der Waals surface area contributed by atoms with E-state index in [2.05, 4.69) is 38.0 Å². The van der Waals surface area contributed by atoms with Crippen molar-refractivity contribution >= 4 is 5.91 Å². The number of nitrogens with two attached hydrogens (primary N) is 1. The minimum atomic E-state index is -0.0174. The summed E-state index contributed by atoms with van der Waals surface area (Å²) in [4.78, 5) is 15.9. The van der Waals surface area contributed by atoms with Crippen LogP contribution in [0.5, 0.6) is 0 Å². The summed E-state index contributed by atoms with van der Waals surface area (Å²) in [6, 6.07) is -0.0174. The Kier molecular flexibility index (Phi) is 6.71. The summed E-state index contributed by atoms with van der Waals surface area (Å²) in [5.74, 6) is 1.10. The largest absolute Gasteiger partial charge is 0.356 e. The fourth-order valence-electron chi connectivity index (χ4n) is 2.08. The summed E-state index contributed by atoms with van der Waals surface area (Å²) in [6.07, 6.45) is 4.94. The van der Waals surface area contributed by atoms with Crippen LogP contribution in [0.2, 0.25) is 0 Å². The molecule has 3 N–H and O–H groups in total. The van der Waals surface area contributed by atoms with Crippen LogP contribution in [0.15, 0.2) is 12.5 Å². The number of amides is 1. The SMILES string of the molecule is CC(C)CNC(=O)CCn1cncc1C(N)CC(C)C. The van der Waals surface area contributed by atoms with Gasteiger partial charge in [-0.05, 0) is 18.3 Å². The van der Waals surface area contributed by atoms with E-state index in [4.69, 9.17) is 5.73 Å². The first-order valence-corrected chi connectivity index (χ1v) is 7.42. The first kappa shape index (κ1) is 16.7. The van der Waals surface area contributed by atoms with Crippen LogP contribution in [0.1, 0.15) is 52.3 Å². The maximum atomic E-state index is 11.7. The molecule has 0 aromatic carbocycles. The third-order valence-corrected chi connectivity index (χ3v) is 3.14. The van der Waals surface area contributed by atoms with Gasteiger partial charge in [0, 0.05) is 31.7 Å². The van der Waals surface area contributed by atoms with Crippen LogP contribution in [0, 0.1) is 11.8 Å². The average Bonchev–Trinajstić information content (AvgIpc) is 2.81. The van der Waals surface area contributed by atoms with Crippen LogP contribution in [-0.2, 0) is 11.3 Å². The van der Waals surface area contributed by atoms with Gasteiger partial charge in [0.25, 0.3) is 0 Å². The lowest BCUT2D eigenvalue weighted by atomic mass is 10.0. The molecule has 1 aromatic rings. The summed E-state index contributed by atoms with van der Waals surface area (Å²) >= 11 is 0. The molecule has 0 saturated carbocycles. The quantitative estimate of drug-likeness (QED) is 0.766. The van der Waals surface area contributed by atoms with Gasteiger partial charge < -0.3 is 15.6 Å². The molecule has 1 atom stereocenters. The smallest absolute Gasteiger partial charge is 0.221 e. The number of hydrogen-bond acceptors (Lipinski definition) is 3. The van der Waals surface area contributed by atoms with Crippen molar-refractivity contribution in [1.29, 1.82) is 0 Å². The molecular formula is C15H28N4O. The van der Waals surface area contributed by atoms with Crippen LogP contribution in [-0.4, -0.2) is 22.0 Å². The van der Waals surface area contributed by atoms with E-state index in [-0.39, 0.29) is 11.9 Å². The number of hydrogen-bond donors (Lipinski definition) is 2. The molecule has 0 saturated heterocycles. The Hall–Kier alpha value is -1.36. The fourth-order valence-corrected chi connectivity index (χ4v) is 2.08. The van der Waals surface area contributed by atoms with E-state index in [1.807, 2.05) is 4.57 Å². The predicted molar refractivity (Wildman–Crippen MR) is 81.1 cm³/mol. The van der Waals surface area contributed by atoms with E-state index in [1.165, 1.54) is 0 Å². The van der Waals surface area contributed by atoms with E-state index in [0.29, 0.717) is 24.8 Å². The minimum Gasteiger partial charge on any atom is -0.356 e. The second-order valence-electron chi connectivity index (χ2n) is 6.20. The van der Waals surface area contributed by atoms with Crippen LogP contribution >= 0.6 is 0 Å². The Morgan fingerprint density at radius 1 is 1.35 bits per heavy atom. The predicted octanol–water partition coefficient (Wildman–Crippen LogP) is 2.09. The molecule has 0 aliphatic heterocycles. The second-order valence-corrected chi connectivity index (χ2v) is 6.20. The van der Waals surface area contributed by atoms with Crippen molar-refractivity contribution in [3.63, 3.8) is 0 Å². The van der Waals surface area contributed by atoms with Crippen LogP contribution < -0.4 is 11.1 Å². The van der Waals surface area contributed by atoms with Crippen LogP contribution in [0.3, 0.4) is 0 Å². The molecule has 5 heteroatoms. The van der Waals surface area contributed by atoms with Gasteiger partial charge >= 0.3 is 0 Å². The third kappa shape index (κ3) is 5.74. The molecule has 0 aliphatic carbocycles. The number of aromatic nitrogens is 2. The van der Waals surface area contributed by atoms with E-state index in [0.717, 1.165) is 18.7 Å². The maximum absolute atomic E-state index is 11.7. The Labute approximate surface area is 122 Å². The monoisotopic (exact) mass is 280 g/mol. The molecular weight excluding hydrogens is 252 g/mol. The average molecular weight is 280 g/mol. The Morgan fingerprint density at radius 3 is 2.65 bits per heavy atom. The van der Waals surface area contributed by atoms with E-state index >= 15 is 0 Å². The number of carbonyl (C=O) groups is 1. The van der Waals surface area contributed by atoms with Gasteiger partial charge in [-0.1, -0.05) is 27.7 Å². The van der Waals surface area contributed by atoms with Gasteiger partial charge in [0.2, 0.25) is 5.91 Å². The topological polar surface area (TPSA) is 72.9 Å². The first-order chi connectivity index (χ1) is 9.40. The number of rotatable bonds is 8. The third-order valence-electron chi connectivity index (χ3n) is 3.14. The molecule has 5 nitrogen and oxygen atoms in total. The van der Waals surface area contributed by atoms with Crippen molar-refractivity contribution in [3.8, 4) is 0 Å². The number of nitrogens with one attached hydrogen (secondary N) is 1. The molecule has 0 bridgehead atoms. The van der Waals surface area contributed by atoms with Gasteiger partial charge in [-0.3, -0.25) is 4.79 Å². The highest BCUT2D eigenvalue weighted by Gasteiger charge is 2.13. The van der Waals surface area contributed by atoms with Gasteiger partial charge in [0.05, 0.1) is 12.0 Å². The van der Waals surface area contributed by atoms with Crippen LogP contribution in [0.25, 0.3) is 0 Å². The Morgan fingerprint density at radius 2 is 2.05 bits per heavy atom. The van der Waals surface area contributed by atoms with Gasteiger partial charge in [-0.25, -0.2) is 4.98 Å². The van der Waals surface area contributed by atoms with Gasteiger partial charge in [-0.2, -0.15) is 0 Å². The summed E-state index contributed by atoms with van der Waals surface area (Å²) in [6.45, 7) is 9.83. The highest BCUT2D eigenvalue weighted by molar-refractivity contribution is 5.75. The Bertz CT molecular complexity index is 412. The normalized spacial score (nSPS) is 12.9. The molecule has 1 heterocycles. The zero-order chi connectivity index (χ0) is 15.1. The molecule has 0 aliphatic rings. The lowest BCUT2D eigenvalue weighted by molar-refractivity contribution is -0.121. The zero-order valence-electron chi connectivity index (χ0n) is 13.1. The molecule has 1 rings (SSSR count). The molecule has 0 radical (unpaired) electrons. The highest BCUT2D eigenvalue weighted by Crippen LogP contribution is 2.18. The molecule has 1 amide bonds.